The van der Waals surface area contributed by atoms with E-state index in [1.165, 1.54) is 32.1 Å². The highest BCUT2D eigenvalue weighted by Crippen LogP contribution is 2.58. The second-order valence-electron chi connectivity index (χ2n) is 8.12. The molecule has 2 nitrogen and oxygen atoms in total. The largest absolute Gasteiger partial charge is 0.414 e. The van der Waals surface area contributed by atoms with Gasteiger partial charge in [-0.3, -0.25) is 0 Å². The summed E-state index contributed by atoms with van der Waals surface area (Å²) < 4.78 is 6.50. The lowest BCUT2D eigenvalue weighted by atomic mass is 9.62. The summed E-state index contributed by atoms with van der Waals surface area (Å²) in [6.07, 6.45) is 6.97. The van der Waals surface area contributed by atoms with Crippen LogP contribution in [0.2, 0.25) is 19.6 Å². The van der Waals surface area contributed by atoms with Crippen LogP contribution in [-0.4, -0.2) is 26.1 Å². The van der Waals surface area contributed by atoms with Gasteiger partial charge in [-0.15, -0.1) is 0 Å². The van der Waals surface area contributed by atoms with Crippen LogP contribution in [-0.2, 0) is 4.43 Å². The van der Waals surface area contributed by atoms with Crippen LogP contribution in [0.1, 0.15) is 46.0 Å². The van der Waals surface area contributed by atoms with Crippen molar-refractivity contribution in [3.05, 3.63) is 0 Å². The monoisotopic (exact) mass is 284 g/mol. The minimum Gasteiger partial charge on any atom is -0.414 e. The Bertz CT molecular complexity index is 312. The van der Waals surface area contributed by atoms with Crippen LogP contribution >= 0.6 is 0 Å². The summed E-state index contributed by atoms with van der Waals surface area (Å²) in [5, 5.41) is 9.53. The van der Waals surface area contributed by atoms with E-state index in [0.29, 0.717) is 30.0 Å². The number of hydrogen-bond acceptors (Lipinski definition) is 2. The molecule has 0 radical (unpaired) electrons. The Labute approximate surface area is 120 Å². The standard InChI is InChI=1S/C16H32O2Si/c1-12(11-17)13-8-9-14-15(18-19(3,4)5)7-6-10-16(13,14)2/h12-15,17H,6-11H2,1-5H3. The predicted molar refractivity (Wildman–Crippen MR) is 82.6 cm³/mol. The Kier molecular flexibility index (Phi) is 4.49. The van der Waals surface area contributed by atoms with E-state index in [9.17, 15) is 5.11 Å². The molecule has 0 bridgehead atoms. The first-order valence-electron chi connectivity index (χ1n) is 8.06. The average Bonchev–Trinajstić information content (AvgIpc) is 2.64. The molecule has 0 amide bonds. The molecular formula is C16H32O2Si. The van der Waals surface area contributed by atoms with Gasteiger partial charge in [0.1, 0.15) is 0 Å². The van der Waals surface area contributed by atoms with Gasteiger partial charge in [0.15, 0.2) is 8.32 Å². The van der Waals surface area contributed by atoms with Gasteiger partial charge in [0.05, 0.1) is 0 Å². The molecule has 2 aliphatic carbocycles. The molecule has 5 unspecified atom stereocenters. The zero-order valence-corrected chi connectivity index (χ0v) is 14.4. The van der Waals surface area contributed by atoms with Gasteiger partial charge in [-0.2, -0.15) is 0 Å². The molecule has 2 aliphatic rings. The zero-order valence-electron chi connectivity index (χ0n) is 13.4. The third-order valence-electron chi connectivity index (χ3n) is 5.62. The van der Waals surface area contributed by atoms with Gasteiger partial charge in [0, 0.05) is 12.7 Å². The molecule has 0 aliphatic heterocycles. The number of hydrogen-bond donors (Lipinski definition) is 1. The SMILES string of the molecule is CC(CO)C1CCC2C(O[Si](C)(C)C)CCCC12C. The van der Waals surface area contributed by atoms with Crippen LogP contribution in [0.15, 0.2) is 0 Å². The Balaban J connectivity index is 2.14. The highest BCUT2D eigenvalue weighted by molar-refractivity contribution is 6.69. The molecule has 2 saturated carbocycles. The first-order chi connectivity index (χ1) is 8.78. The van der Waals surface area contributed by atoms with E-state index in [4.69, 9.17) is 4.43 Å². The molecule has 0 aromatic rings. The van der Waals surface area contributed by atoms with Crippen molar-refractivity contribution in [2.24, 2.45) is 23.2 Å². The van der Waals surface area contributed by atoms with Crippen LogP contribution < -0.4 is 0 Å². The Hall–Kier alpha value is 0.137. The maximum Gasteiger partial charge on any atom is 0.184 e. The molecule has 0 heterocycles. The van der Waals surface area contributed by atoms with E-state index in [2.05, 4.69) is 33.5 Å². The van der Waals surface area contributed by atoms with E-state index >= 15 is 0 Å². The number of fused-ring (bicyclic) bond motifs is 1. The molecule has 5 atom stereocenters. The van der Waals surface area contributed by atoms with Crippen molar-refractivity contribution in [3.8, 4) is 0 Å². The molecule has 0 aromatic carbocycles. The molecule has 0 saturated heterocycles. The summed E-state index contributed by atoms with van der Waals surface area (Å²) in [4.78, 5) is 0. The minimum absolute atomic E-state index is 0.340. The highest BCUT2D eigenvalue weighted by Gasteiger charge is 2.53. The third kappa shape index (κ3) is 3.08. The molecule has 2 rings (SSSR count). The van der Waals surface area contributed by atoms with E-state index in [0.717, 1.165) is 5.92 Å². The molecule has 1 N–H and O–H groups in total. The number of aliphatic hydroxyl groups excluding tert-OH is 1. The van der Waals surface area contributed by atoms with Crippen molar-refractivity contribution in [3.63, 3.8) is 0 Å². The van der Waals surface area contributed by atoms with Gasteiger partial charge in [0.2, 0.25) is 0 Å². The van der Waals surface area contributed by atoms with Gasteiger partial charge in [-0.05, 0) is 68.5 Å². The number of rotatable bonds is 4. The third-order valence-corrected chi connectivity index (χ3v) is 6.63. The first-order valence-corrected chi connectivity index (χ1v) is 11.5. The maximum absolute atomic E-state index is 9.53. The summed E-state index contributed by atoms with van der Waals surface area (Å²) in [5.74, 6) is 1.86. The van der Waals surface area contributed by atoms with E-state index in [1.54, 1.807) is 0 Å². The number of aliphatic hydroxyl groups is 1. The van der Waals surface area contributed by atoms with Crippen LogP contribution in [0.3, 0.4) is 0 Å². The normalized spacial score (nSPS) is 41.1. The lowest BCUT2D eigenvalue weighted by Gasteiger charge is -2.47. The second-order valence-corrected chi connectivity index (χ2v) is 12.6. The van der Waals surface area contributed by atoms with Crippen LogP contribution in [0.25, 0.3) is 0 Å². The molecule has 0 spiro atoms. The molecule has 19 heavy (non-hydrogen) atoms. The molecule has 112 valence electrons. The van der Waals surface area contributed by atoms with Crippen molar-refractivity contribution in [1.29, 1.82) is 0 Å². The lowest BCUT2D eigenvalue weighted by molar-refractivity contribution is -0.0236. The average molecular weight is 285 g/mol. The van der Waals surface area contributed by atoms with Crippen molar-refractivity contribution in [1.82, 2.24) is 0 Å². The quantitative estimate of drug-likeness (QED) is 0.789. The first kappa shape index (κ1) is 15.5. The summed E-state index contributed by atoms with van der Waals surface area (Å²) >= 11 is 0. The fourth-order valence-electron chi connectivity index (χ4n) is 4.82. The van der Waals surface area contributed by atoms with E-state index < -0.39 is 8.32 Å². The zero-order chi connectivity index (χ0) is 14.3. The van der Waals surface area contributed by atoms with E-state index in [1.807, 2.05) is 0 Å². The molecular weight excluding hydrogens is 252 g/mol. The fourth-order valence-corrected chi connectivity index (χ4v) is 6.01. The topological polar surface area (TPSA) is 29.5 Å². The predicted octanol–water partition coefficient (Wildman–Crippen LogP) is 4.05. The van der Waals surface area contributed by atoms with Crippen molar-refractivity contribution < 1.29 is 9.53 Å². The van der Waals surface area contributed by atoms with Crippen molar-refractivity contribution >= 4 is 8.32 Å². The van der Waals surface area contributed by atoms with Gasteiger partial charge >= 0.3 is 0 Å². The Morgan fingerprint density at radius 2 is 1.95 bits per heavy atom. The van der Waals surface area contributed by atoms with Crippen molar-refractivity contribution in [2.45, 2.75) is 71.7 Å². The smallest absolute Gasteiger partial charge is 0.184 e. The summed E-state index contributed by atoms with van der Waals surface area (Å²) in [6, 6.07) is 0. The summed E-state index contributed by atoms with van der Waals surface area (Å²) in [6.45, 7) is 12.0. The molecule has 2 fully saturated rings. The van der Waals surface area contributed by atoms with Crippen molar-refractivity contribution in [2.75, 3.05) is 6.61 Å². The van der Waals surface area contributed by atoms with Crippen LogP contribution in [0, 0.1) is 23.2 Å². The highest BCUT2D eigenvalue weighted by atomic mass is 28.4. The summed E-state index contributed by atoms with van der Waals surface area (Å²) in [7, 11) is -1.44. The van der Waals surface area contributed by atoms with Gasteiger partial charge in [0.25, 0.3) is 0 Å². The van der Waals surface area contributed by atoms with Crippen LogP contribution in [0.5, 0.6) is 0 Å². The van der Waals surface area contributed by atoms with Gasteiger partial charge in [-0.1, -0.05) is 20.3 Å². The van der Waals surface area contributed by atoms with Gasteiger partial charge < -0.3 is 9.53 Å². The Morgan fingerprint density at radius 1 is 1.26 bits per heavy atom. The minimum atomic E-state index is -1.44. The van der Waals surface area contributed by atoms with Crippen LogP contribution in [0.4, 0.5) is 0 Å². The molecule has 0 aromatic heterocycles. The maximum atomic E-state index is 9.53. The fraction of sp³-hybridized carbons (Fsp3) is 1.00. The second kappa shape index (κ2) is 5.49. The molecule has 3 heteroatoms. The van der Waals surface area contributed by atoms with Gasteiger partial charge in [-0.25, -0.2) is 0 Å². The summed E-state index contributed by atoms with van der Waals surface area (Å²) in [5.41, 5.74) is 0.407. The Morgan fingerprint density at radius 3 is 2.53 bits per heavy atom. The van der Waals surface area contributed by atoms with E-state index in [-0.39, 0.29) is 0 Å². The lowest BCUT2D eigenvalue weighted by Crippen LogP contribution is -2.46.